The minimum Gasteiger partial charge on any atom is -0.493 e. The first kappa shape index (κ1) is 26.5. The van der Waals surface area contributed by atoms with Gasteiger partial charge in [0.05, 0.1) is 24.8 Å². The second-order valence-electron chi connectivity index (χ2n) is 9.26. The molecule has 0 N–H and O–H groups in total. The maximum absolute atomic E-state index is 14.6. The van der Waals surface area contributed by atoms with Crippen LogP contribution in [0.5, 0.6) is 11.5 Å². The lowest BCUT2D eigenvalue weighted by atomic mass is 9.92. The van der Waals surface area contributed by atoms with Crippen LogP contribution in [0.4, 0.5) is 4.39 Å². The van der Waals surface area contributed by atoms with Gasteiger partial charge in [0.25, 0.3) is 0 Å². The average molecular weight is 489 g/mol. The first-order valence-corrected chi connectivity index (χ1v) is 13.3. The molecule has 0 aromatic heterocycles. The highest BCUT2D eigenvalue weighted by Crippen LogP contribution is 2.34. The second-order valence-corrected chi connectivity index (χ2v) is 9.67. The number of nitrogens with zero attached hydrogens (tertiary/aromatic N) is 1. The summed E-state index contributed by atoms with van der Waals surface area (Å²) in [4.78, 5) is 0. The third-order valence-corrected chi connectivity index (χ3v) is 7.23. The smallest absolute Gasteiger partial charge is 0.184 e. The van der Waals surface area contributed by atoms with Gasteiger partial charge in [-0.1, -0.05) is 76.0 Å². The molecule has 0 unspecified atom stereocenters. The molecule has 2 aromatic rings. The summed E-state index contributed by atoms with van der Waals surface area (Å²) < 4.78 is 28.0. The number of hydrogen-bond donors (Lipinski definition) is 0. The standard InChI is InChI=1S/C29H40ClFNO2/c1-4-5-6-7-8-9-10-11-12-16-27-23-20-29(34-3)28(33-2)19-22(23)17-18-32(27)21-24-25(30)14-13-15-26(24)31/h13-15,19-20H,4-12,16-18,21H2,1-3H3/q+1. The summed E-state index contributed by atoms with van der Waals surface area (Å²) in [6.45, 7) is 3.57. The molecule has 0 atom stereocenters. The van der Waals surface area contributed by atoms with E-state index in [2.05, 4.69) is 23.6 Å². The first-order valence-electron chi connectivity index (χ1n) is 12.9. The number of halogens is 2. The lowest BCUT2D eigenvalue weighted by molar-refractivity contribution is -0.546. The van der Waals surface area contributed by atoms with Crippen LogP contribution in [0.25, 0.3) is 0 Å². The molecule has 0 bridgehead atoms. The fraction of sp³-hybridized carbons (Fsp3) is 0.552. The predicted octanol–water partition coefficient (Wildman–Crippen LogP) is 7.98. The number of unbranched alkanes of at least 4 members (excludes halogenated alkanes) is 8. The van der Waals surface area contributed by atoms with Crippen molar-refractivity contribution in [2.75, 3.05) is 20.8 Å². The summed E-state index contributed by atoms with van der Waals surface area (Å²) in [6, 6.07) is 9.11. The average Bonchev–Trinajstić information content (AvgIpc) is 2.85. The van der Waals surface area contributed by atoms with Crippen molar-refractivity contribution in [3.63, 3.8) is 0 Å². The van der Waals surface area contributed by atoms with Gasteiger partial charge in [-0.2, -0.15) is 0 Å². The van der Waals surface area contributed by atoms with Gasteiger partial charge in [-0.3, -0.25) is 0 Å². The lowest BCUT2D eigenvalue weighted by Gasteiger charge is -2.21. The van der Waals surface area contributed by atoms with E-state index >= 15 is 0 Å². The van der Waals surface area contributed by atoms with E-state index in [9.17, 15) is 4.39 Å². The highest BCUT2D eigenvalue weighted by atomic mass is 35.5. The Labute approximate surface area is 209 Å². The van der Waals surface area contributed by atoms with Crippen LogP contribution in [-0.2, 0) is 13.0 Å². The summed E-state index contributed by atoms with van der Waals surface area (Å²) in [5.41, 5.74) is 4.28. The van der Waals surface area contributed by atoms with Crippen LogP contribution in [0.15, 0.2) is 30.3 Å². The Balaban J connectivity index is 1.77. The maximum Gasteiger partial charge on any atom is 0.184 e. The molecule has 0 saturated heterocycles. The largest absolute Gasteiger partial charge is 0.493 e. The Morgan fingerprint density at radius 3 is 2.21 bits per heavy atom. The van der Waals surface area contributed by atoms with Crippen LogP contribution in [-0.4, -0.2) is 31.1 Å². The fourth-order valence-corrected chi connectivity index (χ4v) is 5.12. The first-order chi connectivity index (χ1) is 16.6. The van der Waals surface area contributed by atoms with Crippen LogP contribution in [0.3, 0.4) is 0 Å². The van der Waals surface area contributed by atoms with Gasteiger partial charge < -0.3 is 9.47 Å². The van der Waals surface area contributed by atoms with E-state index in [0.29, 0.717) is 17.1 Å². The van der Waals surface area contributed by atoms with E-state index in [1.807, 2.05) is 0 Å². The number of ether oxygens (including phenoxy) is 2. The summed E-state index contributed by atoms with van der Waals surface area (Å²) in [7, 11) is 3.34. The molecule has 0 saturated carbocycles. The van der Waals surface area contributed by atoms with Gasteiger partial charge in [0, 0.05) is 18.4 Å². The zero-order chi connectivity index (χ0) is 24.3. The Morgan fingerprint density at radius 1 is 0.912 bits per heavy atom. The molecule has 1 aliphatic heterocycles. The summed E-state index contributed by atoms with van der Waals surface area (Å²) in [6.07, 6.45) is 13.5. The number of methoxy groups -OCH3 is 2. The predicted molar refractivity (Wildman–Crippen MR) is 139 cm³/mol. The van der Waals surface area contributed by atoms with Crippen molar-refractivity contribution in [1.82, 2.24) is 0 Å². The van der Waals surface area contributed by atoms with Crippen LogP contribution in [0, 0.1) is 5.82 Å². The Hall–Kier alpha value is -2.07. The third-order valence-electron chi connectivity index (χ3n) is 6.88. The molecular formula is C29H40ClFNO2+. The van der Waals surface area contributed by atoms with Crippen molar-refractivity contribution in [3.05, 3.63) is 57.9 Å². The summed E-state index contributed by atoms with van der Waals surface area (Å²) in [5.74, 6) is 1.25. The Kier molecular flexibility index (Phi) is 10.7. The number of benzene rings is 2. The molecule has 2 aromatic carbocycles. The second kappa shape index (κ2) is 13.7. The minimum atomic E-state index is -0.243. The van der Waals surface area contributed by atoms with Crippen molar-refractivity contribution >= 4 is 17.3 Å². The molecule has 1 aliphatic rings. The number of fused-ring (bicyclic) bond motifs is 1. The van der Waals surface area contributed by atoms with Gasteiger partial charge in [0.2, 0.25) is 0 Å². The van der Waals surface area contributed by atoms with Gasteiger partial charge in [0.1, 0.15) is 12.4 Å². The zero-order valence-electron chi connectivity index (χ0n) is 21.1. The normalized spacial score (nSPS) is 13.2. The molecule has 0 amide bonds. The van der Waals surface area contributed by atoms with Crippen molar-refractivity contribution in [3.8, 4) is 11.5 Å². The minimum absolute atomic E-state index is 0.243. The van der Waals surface area contributed by atoms with Crippen molar-refractivity contribution in [2.45, 2.75) is 84.1 Å². The van der Waals surface area contributed by atoms with Crippen LogP contribution >= 0.6 is 11.6 Å². The van der Waals surface area contributed by atoms with Crippen LogP contribution < -0.4 is 9.47 Å². The molecule has 1 heterocycles. The fourth-order valence-electron chi connectivity index (χ4n) is 4.90. The van der Waals surface area contributed by atoms with Gasteiger partial charge in [-0.25, -0.2) is 8.97 Å². The summed E-state index contributed by atoms with van der Waals surface area (Å²) >= 11 is 6.38. The monoisotopic (exact) mass is 488 g/mol. The highest BCUT2D eigenvalue weighted by molar-refractivity contribution is 6.31. The van der Waals surface area contributed by atoms with Gasteiger partial charge in [-0.05, 0) is 36.2 Å². The van der Waals surface area contributed by atoms with Crippen molar-refractivity contribution < 1.29 is 18.4 Å². The van der Waals surface area contributed by atoms with E-state index in [1.54, 1.807) is 26.4 Å². The molecule has 3 nitrogen and oxygen atoms in total. The van der Waals surface area contributed by atoms with Gasteiger partial charge in [0.15, 0.2) is 23.8 Å². The van der Waals surface area contributed by atoms with E-state index in [4.69, 9.17) is 21.1 Å². The highest BCUT2D eigenvalue weighted by Gasteiger charge is 2.28. The molecule has 0 fully saturated rings. The number of rotatable bonds is 14. The topological polar surface area (TPSA) is 21.5 Å². The SMILES string of the molecule is CCCCCCCCCCCC1=[N+](Cc2c(F)cccc2Cl)CCc2cc(OC)c(OC)cc21. The van der Waals surface area contributed by atoms with Crippen LogP contribution in [0.1, 0.15) is 87.8 Å². The lowest BCUT2D eigenvalue weighted by Crippen LogP contribution is -2.30. The van der Waals surface area contributed by atoms with Crippen molar-refractivity contribution in [2.24, 2.45) is 0 Å². The van der Waals surface area contributed by atoms with E-state index in [0.717, 1.165) is 37.3 Å². The van der Waals surface area contributed by atoms with E-state index in [-0.39, 0.29) is 5.82 Å². The Bertz CT molecular complexity index is 953. The third kappa shape index (κ3) is 6.97. The van der Waals surface area contributed by atoms with E-state index < -0.39 is 0 Å². The van der Waals surface area contributed by atoms with Gasteiger partial charge >= 0.3 is 0 Å². The molecule has 0 spiro atoms. The molecule has 5 heteroatoms. The number of hydrogen-bond acceptors (Lipinski definition) is 2. The van der Waals surface area contributed by atoms with Crippen LogP contribution in [0.2, 0.25) is 5.02 Å². The van der Waals surface area contributed by atoms with Crippen molar-refractivity contribution in [1.29, 1.82) is 0 Å². The molecule has 0 aliphatic carbocycles. The Morgan fingerprint density at radius 2 is 1.56 bits per heavy atom. The maximum atomic E-state index is 14.6. The van der Waals surface area contributed by atoms with Gasteiger partial charge in [-0.15, -0.1) is 0 Å². The molecule has 34 heavy (non-hydrogen) atoms. The molecule has 186 valence electrons. The molecule has 0 radical (unpaired) electrons. The molecule has 3 rings (SSSR count). The quantitative estimate of drug-likeness (QED) is 0.198. The molecular weight excluding hydrogens is 449 g/mol. The van der Waals surface area contributed by atoms with E-state index in [1.165, 1.54) is 74.3 Å². The summed E-state index contributed by atoms with van der Waals surface area (Å²) in [5, 5.41) is 0.487. The zero-order valence-corrected chi connectivity index (χ0v) is 21.9.